The van der Waals surface area contributed by atoms with Gasteiger partial charge in [-0.3, -0.25) is 24.0 Å². The molecule has 3 aromatic rings. The molecule has 0 unspecified atom stereocenters. The first kappa shape index (κ1) is 22.8. The maximum atomic E-state index is 12.9. The Labute approximate surface area is 205 Å². The quantitative estimate of drug-likeness (QED) is 0.526. The van der Waals surface area contributed by atoms with E-state index in [1.807, 2.05) is 30.5 Å². The third kappa shape index (κ3) is 4.18. The van der Waals surface area contributed by atoms with Crippen LogP contribution in [0.4, 0.5) is 4.79 Å². The first-order valence-corrected chi connectivity index (χ1v) is 11.8. The molecule has 11 heteroatoms. The van der Waals surface area contributed by atoms with Crippen molar-refractivity contribution in [1.82, 2.24) is 24.6 Å². The number of nitrogens with one attached hydrogen (secondary N) is 1. The van der Waals surface area contributed by atoms with Crippen LogP contribution in [0.2, 0.25) is 0 Å². The summed E-state index contributed by atoms with van der Waals surface area (Å²) in [5.74, 6) is 1.17. The Hall–Kier alpha value is -3.99. The molecule has 180 valence electrons. The lowest BCUT2D eigenvalue weighted by Gasteiger charge is -2.14. The van der Waals surface area contributed by atoms with Crippen molar-refractivity contribution in [3.63, 3.8) is 0 Å². The molecule has 1 N–H and O–H groups in total. The van der Waals surface area contributed by atoms with Crippen LogP contribution in [0.1, 0.15) is 27.3 Å². The van der Waals surface area contributed by atoms with E-state index in [9.17, 15) is 14.4 Å². The third-order valence-electron chi connectivity index (χ3n) is 5.82. The highest BCUT2D eigenvalue weighted by molar-refractivity contribution is 8.18. The second kappa shape index (κ2) is 8.99. The highest BCUT2D eigenvalue weighted by atomic mass is 32.2. The van der Waals surface area contributed by atoms with Crippen molar-refractivity contribution in [3.05, 3.63) is 63.9 Å². The number of carbonyl (C=O) groups excluding carboxylic acids is 3. The summed E-state index contributed by atoms with van der Waals surface area (Å²) in [4.78, 5) is 39.7. The number of carbonyl (C=O) groups is 3. The number of hydrogen-bond acceptors (Lipinski definition) is 7. The number of thioether (sulfide) groups is 1. The predicted molar refractivity (Wildman–Crippen MR) is 130 cm³/mol. The van der Waals surface area contributed by atoms with Gasteiger partial charge in [0.2, 0.25) is 6.79 Å². The van der Waals surface area contributed by atoms with Crippen molar-refractivity contribution in [1.29, 1.82) is 0 Å². The van der Waals surface area contributed by atoms with Crippen LogP contribution in [-0.4, -0.2) is 56.2 Å². The van der Waals surface area contributed by atoms with Gasteiger partial charge in [-0.25, -0.2) is 0 Å². The van der Waals surface area contributed by atoms with Gasteiger partial charge in [-0.15, -0.1) is 0 Å². The number of benzene rings is 1. The molecule has 3 amide bonds. The number of aryl methyl sites for hydroxylation is 3. The van der Waals surface area contributed by atoms with Gasteiger partial charge in [0.15, 0.2) is 11.5 Å². The summed E-state index contributed by atoms with van der Waals surface area (Å²) in [6, 6.07) is 9.26. The maximum Gasteiger partial charge on any atom is 0.293 e. The van der Waals surface area contributed by atoms with Crippen molar-refractivity contribution in [2.45, 2.75) is 13.8 Å². The molecule has 1 saturated heterocycles. The molecule has 2 aromatic heterocycles. The summed E-state index contributed by atoms with van der Waals surface area (Å²) in [5.41, 5.74) is 3.10. The average molecular weight is 494 g/mol. The predicted octanol–water partition coefficient (Wildman–Crippen LogP) is 3.02. The summed E-state index contributed by atoms with van der Waals surface area (Å²) in [7, 11) is 1.78. The molecule has 1 fully saturated rings. The summed E-state index contributed by atoms with van der Waals surface area (Å²) in [6.45, 7) is 4.25. The molecule has 0 atom stereocenters. The Morgan fingerprint density at radius 3 is 2.66 bits per heavy atom. The number of amides is 3. The first-order chi connectivity index (χ1) is 16.8. The van der Waals surface area contributed by atoms with E-state index in [4.69, 9.17) is 9.47 Å². The van der Waals surface area contributed by atoms with Gasteiger partial charge in [0.25, 0.3) is 17.1 Å². The molecule has 2 aliphatic heterocycles. The molecule has 35 heavy (non-hydrogen) atoms. The number of fused-ring (bicyclic) bond motifs is 1. The number of ether oxygens (including phenoxy) is 2. The van der Waals surface area contributed by atoms with E-state index in [2.05, 4.69) is 10.4 Å². The average Bonchev–Trinajstić information content (AvgIpc) is 3.58. The second-order valence-corrected chi connectivity index (χ2v) is 9.15. The van der Waals surface area contributed by atoms with Gasteiger partial charge >= 0.3 is 0 Å². The number of imide groups is 1. The highest BCUT2D eigenvalue weighted by Crippen LogP contribution is 2.36. The molecule has 4 heterocycles. The summed E-state index contributed by atoms with van der Waals surface area (Å²) >= 11 is 0.869. The van der Waals surface area contributed by atoms with Gasteiger partial charge in [-0.1, -0.05) is 6.07 Å². The van der Waals surface area contributed by atoms with Gasteiger partial charge < -0.3 is 19.4 Å². The van der Waals surface area contributed by atoms with Crippen LogP contribution in [-0.2, 0) is 11.8 Å². The third-order valence-corrected chi connectivity index (χ3v) is 6.73. The number of aromatic nitrogens is 3. The minimum atomic E-state index is -0.396. The number of hydrogen-bond donors (Lipinski definition) is 1. The Bertz CT molecular complexity index is 1370. The monoisotopic (exact) mass is 493 g/mol. The first-order valence-electron chi connectivity index (χ1n) is 10.9. The molecule has 10 nitrogen and oxygen atoms in total. The zero-order chi connectivity index (χ0) is 24.7. The van der Waals surface area contributed by atoms with Crippen LogP contribution in [0.25, 0.3) is 11.9 Å². The Balaban J connectivity index is 1.24. The minimum absolute atomic E-state index is 0.0616. The second-order valence-electron chi connectivity index (χ2n) is 8.16. The fourth-order valence-corrected chi connectivity index (χ4v) is 4.95. The van der Waals surface area contributed by atoms with Crippen LogP contribution in [0.5, 0.6) is 11.5 Å². The van der Waals surface area contributed by atoms with E-state index in [-0.39, 0.29) is 31.0 Å². The molecule has 5 rings (SSSR count). The molecule has 0 aliphatic carbocycles. The van der Waals surface area contributed by atoms with E-state index in [1.165, 1.54) is 6.20 Å². The van der Waals surface area contributed by atoms with E-state index in [1.54, 1.807) is 36.0 Å². The fraction of sp³-hybridized carbons (Fsp3) is 0.250. The highest BCUT2D eigenvalue weighted by Gasteiger charge is 2.35. The van der Waals surface area contributed by atoms with Crippen LogP contribution < -0.4 is 14.8 Å². The number of rotatable bonds is 6. The van der Waals surface area contributed by atoms with Crippen molar-refractivity contribution >= 4 is 34.9 Å². The molecular formula is C24H23N5O5S. The van der Waals surface area contributed by atoms with Gasteiger partial charge in [0.1, 0.15) is 11.4 Å². The zero-order valence-electron chi connectivity index (χ0n) is 19.4. The van der Waals surface area contributed by atoms with Gasteiger partial charge in [-0.2, -0.15) is 5.10 Å². The molecule has 0 radical (unpaired) electrons. The normalized spacial score (nSPS) is 16.0. The summed E-state index contributed by atoms with van der Waals surface area (Å²) in [5, 5.41) is 6.67. The van der Waals surface area contributed by atoms with Gasteiger partial charge in [0.05, 0.1) is 11.1 Å². The standard InChI is InChI=1S/C24H23N5O5S/c1-14-4-5-15(2)29(14)22-17(12-26-27(22)3)21(30)25-8-9-28-23(31)20(35-24(28)32)11-16-6-7-18-19(10-16)34-13-33-18/h4-7,10-12H,8-9,13H2,1-3H3,(H,25,30)/b20-11+. The molecule has 0 bridgehead atoms. The van der Waals surface area contributed by atoms with Crippen LogP contribution in [0.3, 0.4) is 0 Å². The fourth-order valence-electron chi connectivity index (χ4n) is 4.08. The summed E-state index contributed by atoms with van der Waals surface area (Å²) in [6.07, 6.45) is 3.16. The van der Waals surface area contributed by atoms with E-state index >= 15 is 0 Å². The van der Waals surface area contributed by atoms with E-state index in [0.717, 1.165) is 33.6 Å². The van der Waals surface area contributed by atoms with Gasteiger partial charge in [0, 0.05) is 31.5 Å². The smallest absolute Gasteiger partial charge is 0.293 e. The van der Waals surface area contributed by atoms with Crippen LogP contribution >= 0.6 is 11.8 Å². The molecule has 0 saturated carbocycles. The Kier molecular flexibility index (Phi) is 5.85. The lowest BCUT2D eigenvalue weighted by atomic mass is 10.2. The molecule has 2 aliphatic rings. The summed E-state index contributed by atoms with van der Waals surface area (Å²) < 4.78 is 14.3. The molecule has 0 spiro atoms. The zero-order valence-corrected chi connectivity index (χ0v) is 20.2. The van der Waals surface area contributed by atoms with Crippen LogP contribution in [0.15, 0.2) is 41.4 Å². The minimum Gasteiger partial charge on any atom is -0.454 e. The van der Waals surface area contributed by atoms with Crippen molar-refractivity contribution < 1.29 is 23.9 Å². The Morgan fingerprint density at radius 2 is 1.89 bits per heavy atom. The largest absolute Gasteiger partial charge is 0.454 e. The number of nitrogens with zero attached hydrogens (tertiary/aromatic N) is 4. The van der Waals surface area contributed by atoms with Gasteiger partial charge in [-0.05, 0) is 61.5 Å². The molecule has 1 aromatic carbocycles. The lowest BCUT2D eigenvalue weighted by molar-refractivity contribution is -0.122. The van der Waals surface area contributed by atoms with Crippen molar-refractivity contribution in [2.75, 3.05) is 19.9 Å². The van der Waals surface area contributed by atoms with Crippen LogP contribution in [0, 0.1) is 13.8 Å². The van der Waals surface area contributed by atoms with E-state index < -0.39 is 5.91 Å². The molecular weight excluding hydrogens is 470 g/mol. The topological polar surface area (TPSA) is 108 Å². The maximum absolute atomic E-state index is 12.9. The van der Waals surface area contributed by atoms with E-state index in [0.29, 0.717) is 27.8 Å². The van der Waals surface area contributed by atoms with Crippen molar-refractivity contribution in [3.8, 4) is 17.3 Å². The van der Waals surface area contributed by atoms with Crippen molar-refractivity contribution in [2.24, 2.45) is 7.05 Å². The Morgan fingerprint density at radius 1 is 1.14 bits per heavy atom. The lowest BCUT2D eigenvalue weighted by Crippen LogP contribution is -2.37. The SMILES string of the molecule is Cc1ccc(C)n1-c1c(C(=O)NCCN2C(=O)S/C(=C/c3ccc4c(c3)OCO4)C2=O)cnn1C.